The molecule has 0 aromatic heterocycles. The summed E-state index contributed by atoms with van der Waals surface area (Å²) in [6, 6.07) is 3.60. The highest BCUT2D eigenvalue weighted by atomic mass is 32.2. The number of rotatable bonds is 3. The van der Waals surface area contributed by atoms with Crippen LogP contribution in [-0.2, 0) is 14.6 Å². The average molecular weight is 283 g/mol. The van der Waals surface area contributed by atoms with Crippen LogP contribution < -0.4 is 4.90 Å². The van der Waals surface area contributed by atoms with Gasteiger partial charge < -0.3 is 10.0 Å². The molecule has 1 N–H and O–H groups in total. The van der Waals surface area contributed by atoms with Crippen LogP contribution in [0, 0.1) is 13.8 Å². The van der Waals surface area contributed by atoms with E-state index in [-0.39, 0.29) is 12.2 Å². The largest absolute Gasteiger partial charge is 0.481 e. The van der Waals surface area contributed by atoms with E-state index in [4.69, 9.17) is 5.11 Å². The minimum atomic E-state index is -3.25. The molecule has 2 rings (SSSR count). The van der Waals surface area contributed by atoms with Crippen LogP contribution in [0.5, 0.6) is 0 Å². The van der Waals surface area contributed by atoms with Crippen molar-refractivity contribution in [2.24, 2.45) is 0 Å². The number of nitrogens with zero attached hydrogens (tertiary/aromatic N) is 1. The molecular formula is C13H17NO4S. The topological polar surface area (TPSA) is 74.7 Å². The number of aliphatic carboxylic acids is 1. The number of fused-ring (bicyclic) bond motifs is 1. The first-order chi connectivity index (χ1) is 8.81. The van der Waals surface area contributed by atoms with E-state index < -0.39 is 15.8 Å². The summed E-state index contributed by atoms with van der Waals surface area (Å²) >= 11 is 0. The van der Waals surface area contributed by atoms with E-state index in [1.165, 1.54) is 0 Å². The fraction of sp³-hybridized carbons (Fsp3) is 0.462. The van der Waals surface area contributed by atoms with Gasteiger partial charge in [-0.25, -0.2) is 8.42 Å². The molecule has 104 valence electrons. The summed E-state index contributed by atoms with van der Waals surface area (Å²) in [6.45, 7) is 4.41. The van der Waals surface area contributed by atoms with Crippen molar-refractivity contribution in [1.82, 2.24) is 0 Å². The maximum Gasteiger partial charge on any atom is 0.305 e. The maximum absolute atomic E-state index is 12.1. The standard InChI is InChI=1S/C13H17NO4S/c1-9-7-10(2)13-11(8-9)19(17,18)6-5-14(13)4-3-12(15)16/h7-8H,3-6H2,1-2H3,(H,15,16). The van der Waals surface area contributed by atoms with Crippen LogP contribution in [-0.4, -0.2) is 38.3 Å². The first-order valence-corrected chi connectivity index (χ1v) is 7.77. The van der Waals surface area contributed by atoms with E-state index in [9.17, 15) is 13.2 Å². The Morgan fingerprint density at radius 1 is 1.37 bits per heavy atom. The van der Waals surface area contributed by atoms with E-state index in [0.29, 0.717) is 23.7 Å². The Labute approximate surface area is 112 Å². The van der Waals surface area contributed by atoms with Crippen molar-refractivity contribution in [2.45, 2.75) is 25.2 Å². The highest BCUT2D eigenvalue weighted by molar-refractivity contribution is 7.91. The molecule has 0 fully saturated rings. The van der Waals surface area contributed by atoms with Gasteiger partial charge in [-0.2, -0.15) is 0 Å². The molecule has 1 aliphatic heterocycles. The fourth-order valence-electron chi connectivity index (χ4n) is 2.47. The summed E-state index contributed by atoms with van der Waals surface area (Å²) in [7, 11) is -3.25. The molecule has 0 unspecified atom stereocenters. The predicted molar refractivity (Wildman–Crippen MR) is 72.4 cm³/mol. The highest BCUT2D eigenvalue weighted by Crippen LogP contribution is 2.34. The van der Waals surface area contributed by atoms with Gasteiger partial charge in [0.2, 0.25) is 0 Å². The minimum Gasteiger partial charge on any atom is -0.481 e. The van der Waals surface area contributed by atoms with Crippen LogP contribution >= 0.6 is 0 Å². The van der Waals surface area contributed by atoms with Crippen LogP contribution in [0.2, 0.25) is 0 Å². The van der Waals surface area contributed by atoms with Crippen LogP contribution in [0.15, 0.2) is 17.0 Å². The number of anilines is 1. The van der Waals surface area contributed by atoms with Gasteiger partial charge in [0.05, 0.1) is 22.8 Å². The van der Waals surface area contributed by atoms with Crippen LogP contribution in [0.4, 0.5) is 5.69 Å². The molecule has 6 heteroatoms. The molecule has 19 heavy (non-hydrogen) atoms. The molecule has 5 nitrogen and oxygen atoms in total. The normalized spacial score (nSPS) is 17.1. The Morgan fingerprint density at radius 2 is 2.05 bits per heavy atom. The van der Waals surface area contributed by atoms with Crippen molar-refractivity contribution in [1.29, 1.82) is 0 Å². The summed E-state index contributed by atoms with van der Waals surface area (Å²) < 4.78 is 24.2. The first kappa shape index (κ1) is 13.9. The summed E-state index contributed by atoms with van der Waals surface area (Å²) in [5, 5.41) is 8.76. The minimum absolute atomic E-state index is 0.00675. The van der Waals surface area contributed by atoms with Crippen LogP contribution in [0.1, 0.15) is 17.5 Å². The smallest absolute Gasteiger partial charge is 0.305 e. The van der Waals surface area contributed by atoms with Gasteiger partial charge in [0.15, 0.2) is 9.84 Å². The molecule has 1 aromatic rings. The Balaban J connectivity index is 2.48. The number of hydrogen-bond donors (Lipinski definition) is 1. The van der Waals surface area contributed by atoms with Gasteiger partial charge in [-0.05, 0) is 31.0 Å². The van der Waals surface area contributed by atoms with Crippen molar-refractivity contribution >= 4 is 21.5 Å². The van der Waals surface area contributed by atoms with Gasteiger partial charge in [-0.3, -0.25) is 4.79 Å². The molecule has 0 atom stereocenters. The third kappa shape index (κ3) is 2.73. The van der Waals surface area contributed by atoms with E-state index in [0.717, 1.165) is 11.1 Å². The van der Waals surface area contributed by atoms with Crippen molar-refractivity contribution in [3.63, 3.8) is 0 Å². The summed E-state index contributed by atoms with van der Waals surface area (Å²) in [4.78, 5) is 12.9. The number of aryl methyl sites for hydroxylation is 2. The third-order valence-electron chi connectivity index (χ3n) is 3.29. The number of benzene rings is 1. The quantitative estimate of drug-likeness (QED) is 0.907. The molecule has 0 aliphatic carbocycles. The lowest BCUT2D eigenvalue weighted by molar-refractivity contribution is -0.136. The highest BCUT2D eigenvalue weighted by Gasteiger charge is 2.29. The molecule has 1 heterocycles. The second kappa shape index (κ2) is 4.85. The van der Waals surface area contributed by atoms with E-state index >= 15 is 0 Å². The summed E-state index contributed by atoms with van der Waals surface area (Å²) in [5.41, 5.74) is 2.45. The molecule has 0 saturated carbocycles. The zero-order chi connectivity index (χ0) is 14.2. The lowest BCUT2D eigenvalue weighted by atomic mass is 10.1. The van der Waals surface area contributed by atoms with Crippen molar-refractivity contribution in [3.05, 3.63) is 23.3 Å². The van der Waals surface area contributed by atoms with Gasteiger partial charge >= 0.3 is 5.97 Å². The number of carbonyl (C=O) groups is 1. The van der Waals surface area contributed by atoms with Gasteiger partial charge in [0.1, 0.15) is 0 Å². The molecule has 0 amide bonds. The monoisotopic (exact) mass is 283 g/mol. The molecule has 1 aliphatic rings. The van der Waals surface area contributed by atoms with Gasteiger partial charge in [0, 0.05) is 13.1 Å². The molecular weight excluding hydrogens is 266 g/mol. The Kier molecular flexibility index (Phi) is 3.54. The number of carboxylic acid groups (broad SMARTS) is 1. The van der Waals surface area contributed by atoms with Crippen molar-refractivity contribution < 1.29 is 18.3 Å². The lowest BCUT2D eigenvalue weighted by Crippen LogP contribution is -2.37. The molecule has 0 bridgehead atoms. The first-order valence-electron chi connectivity index (χ1n) is 6.12. The van der Waals surface area contributed by atoms with Gasteiger partial charge in [-0.1, -0.05) is 6.07 Å². The SMILES string of the molecule is Cc1cc(C)c2c(c1)S(=O)(=O)CCN2CCC(=O)O. The maximum atomic E-state index is 12.1. The summed E-state index contributed by atoms with van der Waals surface area (Å²) in [5.74, 6) is -0.831. The molecule has 1 aromatic carbocycles. The molecule has 0 radical (unpaired) electrons. The van der Waals surface area contributed by atoms with E-state index in [2.05, 4.69) is 0 Å². The predicted octanol–water partition coefficient (Wildman–Crippen LogP) is 1.37. The van der Waals surface area contributed by atoms with E-state index in [1.807, 2.05) is 24.8 Å². The van der Waals surface area contributed by atoms with Crippen LogP contribution in [0.25, 0.3) is 0 Å². The average Bonchev–Trinajstić information content (AvgIpc) is 2.28. The van der Waals surface area contributed by atoms with Gasteiger partial charge in [0.25, 0.3) is 0 Å². The second-order valence-corrected chi connectivity index (χ2v) is 6.96. The number of carboxylic acids is 1. The molecule has 0 spiro atoms. The number of sulfone groups is 1. The Hall–Kier alpha value is -1.56. The fourth-order valence-corrected chi connectivity index (χ4v) is 4.10. The second-order valence-electron chi connectivity index (χ2n) is 4.88. The third-order valence-corrected chi connectivity index (χ3v) is 4.99. The summed E-state index contributed by atoms with van der Waals surface area (Å²) in [6.07, 6.45) is 0.00675. The number of hydrogen-bond acceptors (Lipinski definition) is 4. The van der Waals surface area contributed by atoms with Crippen molar-refractivity contribution in [2.75, 3.05) is 23.7 Å². The van der Waals surface area contributed by atoms with Crippen LogP contribution in [0.3, 0.4) is 0 Å². The lowest BCUT2D eigenvalue weighted by Gasteiger charge is -2.32. The Bertz CT molecular complexity index is 622. The van der Waals surface area contributed by atoms with Crippen molar-refractivity contribution in [3.8, 4) is 0 Å². The van der Waals surface area contributed by atoms with E-state index in [1.54, 1.807) is 6.07 Å². The molecule has 0 saturated heterocycles. The van der Waals surface area contributed by atoms with Gasteiger partial charge in [-0.15, -0.1) is 0 Å². The zero-order valence-corrected chi connectivity index (χ0v) is 11.8. The Morgan fingerprint density at radius 3 is 2.68 bits per heavy atom. The zero-order valence-electron chi connectivity index (χ0n) is 11.0.